The quantitative estimate of drug-likeness (QED) is 0.533. The maximum atomic E-state index is 10.9. The summed E-state index contributed by atoms with van der Waals surface area (Å²) in [5.41, 5.74) is 4.50. The van der Waals surface area contributed by atoms with Gasteiger partial charge in [0, 0.05) is 6.54 Å². The Kier molecular flexibility index (Phi) is 1.67. The average Bonchev–Trinajstić information content (AvgIpc) is 2.37. The lowest BCUT2D eigenvalue weighted by atomic mass is 10.0. The second-order valence-electron chi connectivity index (χ2n) is 3.40. The zero-order valence-electron chi connectivity index (χ0n) is 7.67. The molecule has 0 radical (unpaired) electrons. The van der Waals surface area contributed by atoms with Gasteiger partial charge in [0.1, 0.15) is 0 Å². The minimum Gasteiger partial charge on any atom is -0.465 e. The Hall–Kier alpha value is -1.72. The molecule has 0 aliphatic carbocycles. The van der Waals surface area contributed by atoms with Crippen molar-refractivity contribution in [3.8, 4) is 0 Å². The molecular formula is C8H11N3O3. The second-order valence-corrected chi connectivity index (χ2v) is 3.40. The van der Waals surface area contributed by atoms with E-state index < -0.39 is 17.9 Å². The molecule has 0 spiro atoms. The Labute approximate surface area is 80.7 Å². The predicted octanol–water partition coefficient (Wildman–Crippen LogP) is -0.0341. The third-order valence-corrected chi connectivity index (χ3v) is 2.50. The van der Waals surface area contributed by atoms with Gasteiger partial charge in [0.15, 0.2) is 11.8 Å². The monoisotopic (exact) mass is 197 g/mol. The summed E-state index contributed by atoms with van der Waals surface area (Å²) in [4.78, 5) is 16.2. The third-order valence-electron chi connectivity index (χ3n) is 2.50. The van der Waals surface area contributed by atoms with Crippen LogP contribution in [-0.2, 0) is 4.74 Å². The lowest BCUT2D eigenvalue weighted by Gasteiger charge is -2.37. The molecule has 0 bridgehead atoms. The molecule has 2 aliphatic rings. The van der Waals surface area contributed by atoms with Crippen molar-refractivity contribution in [2.24, 2.45) is 10.7 Å². The minimum atomic E-state index is -1.02. The van der Waals surface area contributed by atoms with Crippen LogP contribution < -0.4 is 5.73 Å². The van der Waals surface area contributed by atoms with Gasteiger partial charge in [0.2, 0.25) is 0 Å². The summed E-state index contributed by atoms with van der Waals surface area (Å²) in [5.74, 6) is 0. The van der Waals surface area contributed by atoms with E-state index in [9.17, 15) is 4.79 Å². The van der Waals surface area contributed by atoms with E-state index in [-0.39, 0.29) is 6.02 Å². The highest BCUT2D eigenvalue weighted by molar-refractivity contribution is 5.76. The van der Waals surface area contributed by atoms with Gasteiger partial charge in [-0.2, -0.15) is 0 Å². The Morgan fingerprint density at radius 1 is 1.93 bits per heavy atom. The van der Waals surface area contributed by atoms with Crippen LogP contribution >= 0.6 is 0 Å². The molecule has 0 aromatic rings. The number of carbonyl (C=O) groups is 1. The maximum Gasteiger partial charge on any atom is 0.409 e. The number of amides is 1. The summed E-state index contributed by atoms with van der Waals surface area (Å²) in [6, 6.07) is 0.0373. The summed E-state index contributed by atoms with van der Waals surface area (Å²) < 4.78 is 5.18. The van der Waals surface area contributed by atoms with Gasteiger partial charge in [0.05, 0.1) is 0 Å². The van der Waals surface area contributed by atoms with E-state index in [0.29, 0.717) is 6.54 Å². The molecule has 2 aliphatic heterocycles. The molecule has 1 amide bonds. The van der Waals surface area contributed by atoms with Crippen molar-refractivity contribution < 1.29 is 14.6 Å². The first-order valence-electron chi connectivity index (χ1n) is 4.23. The van der Waals surface area contributed by atoms with Gasteiger partial charge in [-0.15, -0.1) is 0 Å². The van der Waals surface area contributed by atoms with E-state index in [0.717, 1.165) is 0 Å². The topological polar surface area (TPSA) is 88.2 Å². The molecule has 0 aromatic heterocycles. The Morgan fingerprint density at radius 2 is 2.64 bits per heavy atom. The summed E-state index contributed by atoms with van der Waals surface area (Å²) in [6.45, 7) is 2.00. The number of ether oxygens (including phenoxy) is 1. The van der Waals surface area contributed by atoms with Crippen molar-refractivity contribution in [3.63, 3.8) is 0 Å². The molecule has 0 saturated carbocycles. The molecule has 2 rings (SSSR count). The molecule has 0 unspecified atom stereocenters. The summed E-state index contributed by atoms with van der Waals surface area (Å²) in [6.07, 6.45) is 2.08. The van der Waals surface area contributed by atoms with Crippen LogP contribution in [0.25, 0.3) is 0 Å². The van der Waals surface area contributed by atoms with Crippen LogP contribution in [0.5, 0.6) is 0 Å². The molecule has 14 heavy (non-hydrogen) atoms. The fourth-order valence-electron chi connectivity index (χ4n) is 1.74. The van der Waals surface area contributed by atoms with E-state index in [1.54, 1.807) is 19.1 Å². The van der Waals surface area contributed by atoms with Crippen LogP contribution in [0.15, 0.2) is 17.1 Å². The number of nitrogens with zero attached hydrogens (tertiary/aromatic N) is 2. The van der Waals surface area contributed by atoms with Crippen molar-refractivity contribution in [2.45, 2.75) is 18.7 Å². The molecule has 6 heteroatoms. The lowest BCUT2D eigenvalue weighted by Crippen LogP contribution is -2.55. The first-order valence-corrected chi connectivity index (χ1v) is 4.23. The Bertz CT molecular complexity index is 339. The van der Waals surface area contributed by atoms with E-state index in [2.05, 4.69) is 4.99 Å². The second kappa shape index (κ2) is 2.63. The first-order chi connectivity index (χ1) is 6.54. The maximum absolute atomic E-state index is 10.9. The number of amidine groups is 1. The van der Waals surface area contributed by atoms with Gasteiger partial charge in [0.25, 0.3) is 6.02 Å². The normalized spacial score (nSPS) is 34.8. The molecular weight excluding hydrogens is 186 g/mol. The Morgan fingerprint density at radius 3 is 3.29 bits per heavy atom. The van der Waals surface area contributed by atoms with Crippen molar-refractivity contribution in [3.05, 3.63) is 12.2 Å². The van der Waals surface area contributed by atoms with Crippen molar-refractivity contribution in [2.75, 3.05) is 6.54 Å². The van der Waals surface area contributed by atoms with Gasteiger partial charge in [-0.05, 0) is 13.0 Å². The highest BCUT2D eigenvalue weighted by Crippen LogP contribution is 2.32. The van der Waals surface area contributed by atoms with E-state index in [1.165, 1.54) is 4.90 Å². The zero-order chi connectivity index (χ0) is 10.3. The van der Waals surface area contributed by atoms with E-state index >= 15 is 0 Å². The molecule has 0 fully saturated rings. The standard InChI is InChI=1S/C8H11N3O3/c1-8-5(14-6(9)10-8)3-2-4-11(8)7(12)13/h2-3,5H,4H2,1H3,(H2,9,10)(H,12,13)/t5-,8+/m1/s1. The SMILES string of the molecule is C[C@@]12N=C(N)O[C@@H]1C=CCN2C(=O)O. The highest BCUT2D eigenvalue weighted by atomic mass is 16.5. The van der Waals surface area contributed by atoms with Crippen LogP contribution in [0.1, 0.15) is 6.92 Å². The van der Waals surface area contributed by atoms with Crippen LogP contribution in [0.4, 0.5) is 4.79 Å². The first kappa shape index (κ1) is 8.86. The fraction of sp³-hybridized carbons (Fsp3) is 0.500. The van der Waals surface area contributed by atoms with Gasteiger partial charge in [-0.1, -0.05) is 6.08 Å². The molecule has 0 aromatic carbocycles. The average molecular weight is 197 g/mol. The summed E-state index contributed by atoms with van der Waals surface area (Å²) in [7, 11) is 0. The molecule has 2 atom stereocenters. The van der Waals surface area contributed by atoms with Gasteiger partial charge >= 0.3 is 6.09 Å². The minimum absolute atomic E-state index is 0.0373. The van der Waals surface area contributed by atoms with Gasteiger partial charge in [-0.25, -0.2) is 9.79 Å². The van der Waals surface area contributed by atoms with Crippen LogP contribution in [0, 0.1) is 0 Å². The van der Waals surface area contributed by atoms with Crippen LogP contribution in [0.3, 0.4) is 0 Å². The molecule has 6 nitrogen and oxygen atoms in total. The fourth-order valence-corrected chi connectivity index (χ4v) is 1.74. The van der Waals surface area contributed by atoms with Crippen LogP contribution in [0.2, 0.25) is 0 Å². The van der Waals surface area contributed by atoms with Crippen molar-refractivity contribution >= 4 is 12.1 Å². The number of nitrogens with two attached hydrogens (primary N) is 1. The number of hydrogen-bond donors (Lipinski definition) is 2. The number of fused-ring (bicyclic) bond motifs is 1. The Balaban J connectivity index is 2.39. The zero-order valence-corrected chi connectivity index (χ0v) is 7.67. The third kappa shape index (κ3) is 1.03. The van der Waals surface area contributed by atoms with E-state index in [1.807, 2.05) is 0 Å². The largest absolute Gasteiger partial charge is 0.465 e. The smallest absolute Gasteiger partial charge is 0.409 e. The predicted molar refractivity (Wildman–Crippen MR) is 48.8 cm³/mol. The number of rotatable bonds is 0. The molecule has 76 valence electrons. The lowest BCUT2D eigenvalue weighted by molar-refractivity contribution is 0.0432. The highest BCUT2D eigenvalue weighted by Gasteiger charge is 2.48. The van der Waals surface area contributed by atoms with Gasteiger partial charge in [-0.3, -0.25) is 4.90 Å². The van der Waals surface area contributed by atoms with Gasteiger partial charge < -0.3 is 15.6 Å². The summed E-state index contributed by atoms with van der Waals surface area (Å²) in [5, 5.41) is 8.96. The van der Waals surface area contributed by atoms with Crippen LogP contribution in [-0.4, -0.2) is 40.4 Å². The number of aliphatic imine (C=N–C) groups is 1. The van der Waals surface area contributed by atoms with Crippen molar-refractivity contribution in [1.82, 2.24) is 4.90 Å². The van der Waals surface area contributed by atoms with Crippen molar-refractivity contribution in [1.29, 1.82) is 0 Å². The number of hydrogen-bond acceptors (Lipinski definition) is 4. The van der Waals surface area contributed by atoms with E-state index in [4.69, 9.17) is 15.6 Å². The number of carboxylic acid groups (broad SMARTS) is 1. The molecule has 3 N–H and O–H groups in total. The molecule has 0 saturated heterocycles. The summed E-state index contributed by atoms with van der Waals surface area (Å²) >= 11 is 0. The molecule has 2 heterocycles.